The normalized spacial score (nSPS) is 22.0. The predicted molar refractivity (Wildman–Crippen MR) is 111 cm³/mol. The second-order valence-corrected chi connectivity index (χ2v) is 9.67. The van der Waals surface area contributed by atoms with Crippen molar-refractivity contribution in [3.05, 3.63) is 71.8 Å². The number of piperazine rings is 1. The van der Waals surface area contributed by atoms with Crippen molar-refractivity contribution in [2.75, 3.05) is 18.8 Å². The van der Waals surface area contributed by atoms with Gasteiger partial charge < -0.3 is 0 Å². The molecule has 1 aliphatic rings. The molecule has 0 saturated carbocycles. The fourth-order valence-electron chi connectivity index (χ4n) is 3.87. The highest BCUT2D eigenvalue weighted by atomic mass is 32.2. The summed E-state index contributed by atoms with van der Waals surface area (Å²) in [5.74, 6) is 0.222. The summed E-state index contributed by atoms with van der Waals surface area (Å²) in [6.45, 7) is 6.27. The molecule has 1 aliphatic heterocycles. The van der Waals surface area contributed by atoms with Gasteiger partial charge in [0.15, 0.2) is 0 Å². The van der Waals surface area contributed by atoms with Crippen LogP contribution in [0.15, 0.2) is 60.7 Å². The first kappa shape index (κ1) is 20.1. The molecule has 0 amide bonds. The zero-order chi connectivity index (χ0) is 19.3. The standard InChI is InChI=1S/C22H30N2O2S/c1-19-16-23(17-20(2)24(19)18-22-12-7-4-8-13-22)27(25,26)15-9-14-21-10-5-3-6-11-21/h3-8,10-13,19-20H,9,14-18H2,1-2H3. The number of sulfonamides is 1. The summed E-state index contributed by atoms with van der Waals surface area (Å²) >= 11 is 0. The number of hydrogen-bond acceptors (Lipinski definition) is 3. The van der Waals surface area contributed by atoms with Crippen LogP contribution in [0.3, 0.4) is 0 Å². The highest BCUT2D eigenvalue weighted by Gasteiger charge is 2.34. The number of benzene rings is 2. The third kappa shape index (κ3) is 5.41. The third-order valence-corrected chi connectivity index (χ3v) is 7.27. The molecule has 2 aromatic carbocycles. The van der Waals surface area contributed by atoms with E-state index in [2.05, 4.69) is 55.1 Å². The lowest BCUT2D eigenvalue weighted by Crippen LogP contribution is -2.57. The van der Waals surface area contributed by atoms with Crippen molar-refractivity contribution in [1.82, 2.24) is 9.21 Å². The second kappa shape index (κ2) is 9.00. The van der Waals surface area contributed by atoms with Gasteiger partial charge in [-0.1, -0.05) is 60.7 Å². The smallest absolute Gasteiger partial charge is 0.214 e. The number of aryl methyl sites for hydroxylation is 1. The number of nitrogens with zero attached hydrogens (tertiary/aromatic N) is 2. The van der Waals surface area contributed by atoms with Crippen molar-refractivity contribution in [2.24, 2.45) is 0 Å². The first-order chi connectivity index (χ1) is 13.0. The molecule has 4 nitrogen and oxygen atoms in total. The Balaban J connectivity index is 1.56. The van der Waals surface area contributed by atoms with Crippen molar-refractivity contribution < 1.29 is 8.42 Å². The lowest BCUT2D eigenvalue weighted by molar-refractivity contribution is 0.0699. The van der Waals surface area contributed by atoms with Gasteiger partial charge in [0.1, 0.15) is 0 Å². The molecule has 146 valence electrons. The van der Waals surface area contributed by atoms with E-state index in [0.717, 1.165) is 13.0 Å². The van der Waals surface area contributed by atoms with Crippen molar-refractivity contribution >= 4 is 10.0 Å². The number of rotatable bonds is 7. The van der Waals surface area contributed by atoms with Crippen LogP contribution in [0.25, 0.3) is 0 Å². The second-order valence-electron chi connectivity index (χ2n) is 7.58. The lowest BCUT2D eigenvalue weighted by atomic mass is 10.1. The highest BCUT2D eigenvalue weighted by Crippen LogP contribution is 2.21. The Morgan fingerprint density at radius 2 is 1.37 bits per heavy atom. The molecule has 0 radical (unpaired) electrons. The average Bonchev–Trinajstić information content (AvgIpc) is 2.66. The van der Waals surface area contributed by atoms with E-state index < -0.39 is 10.0 Å². The summed E-state index contributed by atoms with van der Waals surface area (Å²) in [5, 5.41) is 0. The Morgan fingerprint density at radius 1 is 0.852 bits per heavy atom. The van der Waals surface area contributed by atoms with Crippen LogP contribution in [-0.2, 0) is 23.0 Å². The fraction of sp³-hybridized carbons (Fsp3) is 0.455. The molecule has 0 aromatic heterocycles. The molecule has 3 rings (SSSR count). The molecule has 27 heavy (non-hydrogen) atoms. The SMILES string of the molecule is CC1CN(S(=O)(=O)CCCc2ccccc2)CC(C)N1Cc1ccccc1. The van der Waals surface area contributed by atoms with E-state index in [-0.39, 0.29) is 17.8 Å². The van der Waals surface area contributed by atoms with E-state index in [1.165, 1.54) is 11.1 Å². The van der Waals surface area contributed by atoms with E-state index in [4.69, 9.17) is 0 Å². The van der Waals surface area contributed by atoms with E-state index in [1.807, 2.05) is 24.3 Å². The van der Waals surface area contributed by atoms with Crippen molar-refractivity contribution in [1.29, 1.82) is 0 Å². The molecule has 2 aromatic rings. The van der Waals surface area contributed by atoms with Gasteiger partial charge in [0.25, 0.3) is 0 Å². The predicted octanol–water partition coefficient (Wildman–Crippen LogP) is 3.54. The van der Waals surface area contributed by atoms with E-state index >= 15 is 0 Å². The quantitative estimate of drug-likeness (QED) is 0.731. The Hall–Kier alpha value is -1.69. The summed E-state index contributed by atoms with van der Waals surface area (Å²) in [6.07, 6.45) is 1.47. The molecule has 2 unspecified atom stereocenters. The van der Waals surface area contributed by atoms with Gasteiger partial charge in [-0.05, 0) is 37.8 Å². The van der Waals surface area contributed by atoms with Gasteiger partial charge in [0, 0.05) is 31.7 Å². The first-order valence-electron chi connectivity index (χ1n) is 9.77. The van der Waals surface area contributed by atoms with Crippen LogP contribution in [0.5, 0.6) is 0 Å². The van der Waals surface area contributed by atoms with Crippen LogP contribution in [0.4, 0.5) is 0 Å². The summed E-state index contributed by atoms with van der Waals surface area (Å²) in [4.78, 5) is 2.41. The summed E-state index contributed by atoms with van der Waals surface area (Å²) in [5.41, 5.74) is 2.47. The van der Waals surface area contributed by atoms with Crippen LogP contribution in [-0.4, -0.2) is 48.5 Å². The fourth-order valence-corrected chi connectivity index (χ4v) is 5.53. The van der Waals surface area contributed by atoms with Crippen LogP contribution >= 0.6 is 0 Å². The van der Waals surface area contributed by atoms with E-state index in [1.54, 1.807) is 4.31 Å². The van der Waals surface area contributed by atoms with Gasteiger partial charge in [-0.15, -0.1) is 0 Å². The molecule has 0 aliphatic carbocycles. The van der Waals surface area contributed by atoms with Crippen molar-refractivity contribution in [3.8, 4) is 0 Å². The highest BCUT2D eigenvalue weighted by molar-refractivity contribution is 7.89. The Kier molecular flexibility index (Phi) is 6.68. The maximum Gasteiger partial charge on any atom is 0.214 e. The minimum atomic E-state index is -3.21. The van der Waals surface area contributed by atoms with Crippen LogP contribution < -0.4 is 0 Å². The maximum atomic E-state index is 12.8. The zero-order valence-corrected chi connectivity index (χ0v) is 17.1. The number of hydrogen-bond donors (Lipinski definition) is 0. The maximum absolute atomic E-state index is 12.8. The molecule has 0 N–H and O–H groups in total. The van der Waals surface area contributed by atoms with E-state index in [0.29, 0.717) is 19.5 Å². The molecule has 1 saturated heterocycles. The van der Waals surface area contributed by atoms with Gasteiger partial charge in [0.05, 0.1) is 5.75 Å². The summed E-state index contributed by atoms with van der Waals surface area (Å²) in [6, 6.07) is 20.9. The molecule has 5 heteroatoms. The van der Waals surface area contributed by atoms with Gasteiger partial charge in [-0.25, -0.2) is 8.42 Å². The monoisotopic (exact) mass is 386 g/mol. The summed E-state index contributed by atoms with van der Waals surface area (Å²) in [7, 11) is -3.21. The average molecular weight is 387 g/mol. The topological polar surface area (TPSA) is 40.6 Å². The Morgan fingerprint density at radius 3 is 1.93 bits per heavy atom. The van der Waals surface area contributed by atoms with Crippen LogP contribution in [0.2, 0.25) is 0 Å². The Labute approximate surface area is 163 Å². The molecule has 2 atom stereocenters. The Bertz CT molecular complexity index is 797. The van der Waals surface area contributed by atoms with Crippen molar-refractivity contribution in [2.45, 2.75) is 45.3 Å². The molecule has 1 fully saturated rings. The zero-order valence-electron chi connectivity index (χ0n) is 16.3. The largest absolute Gasteiger partial charge is 0.291 e. The first-order valence-corrected chi connectivity index (χ1v) is 11.4. The minimum Gasteiger partial charge on any atom is -0.291 e. The molecule has 0 bridgehead atoms. The van der Waals surface area contributed by atoms with Gasteiger partial charge >= 0.3 is 0 Å². The lowest BCUT2D eigenvalue weighted by Gasteiger charge is -2.43. The van der Waals surface area contributed by atoms with Gasteiger partial charge in [0.2, 0.25) is 10.0 Å². The molecule has 0 spiro atoms. The van der Waals surface area contributed by atoms with E-state index in [9.17, 15) is 8.42 Å². The molecular weight excluding hydrogens is 356 g/mol. The third-order valence-electron chi connectivity index (χ3n) is 5.38. The minimum absolute atomic E-state index is 0.206. The molecular formula is C22H30N2O2S. The van der Waals surface area contributed by atoms with Gasteiger partial charge in [-0.3, -0.25) is 4.90 Å². The van der Waals surface area contributed by atoms with Crippen LogP contribution in [0, 0.1) is 0 Å². The molecule has 1 heterocycles. The van der Waals surface area contributed by atoms with Crippen LogP contribution in [0.1, 0.15) is 31.4 Å². The van der Waals surface area contributed by atoms with Gasteiger partial charge in [-0.2, -0.15) is 4.31 Å². The summed E-state index contributed by atoms with van der Waals surface area (Å²) < 4.78 is 27.4. The van der Waals surface area contributed by atoms with Crippen molar-refractivity contribution in [3.63, 3.8) is 0 Å².